The summed E-state index contributed by atoms with van der Waals surface area (Å²) in [5.41, 5.74) is 1.17. The van der Waals surface area contributed by atoms with Gasteiger partial charge in [0.05, 0.1) is 29.8 Å². The van der Waals surface area contributed by atoms with Crippen molar-refractivity contribution in [1.82, 2.24) is 0 Å². The highest BCUT2D eigenvalue weighted by Crippen LogP contribution is 2.32. The van der Waals surface area contributed by atoms with E-state index in [1.54, 1.807) is 24.3 Å². The summed E-state index contributed by atoms with van der Waals surface area (Å²) in [6.07, 6.45) is 0. The van der Waals surface area contributed by atoms with Gasteiger partial charge in [-0.05, 0) is 36.4 Å². The lowest BCUT2D eigenvalue weighted by molar-refractivity contribution is -0.119. The van der Waals surface area contributed by atoms with Crippen molar-refractivity contribution >= 4 is 52.5 Å². The van der Waals surface area contributed by atoms with Crippen LogP contribution in [-0.4, -0.2) is 37.3 Å². The van der Waals surface area contributed by atoms with Gasteiger partial charge in [0, 0.05) is 9.92 Å². The molecule has 1 heterocycles. The highest BCUT2D eigenvalue weighted by atomic mass is 35.5. The van der Waals surface area contributed by atoms with E-state index in [1.807, 2.05) is 0 Å². The molecule has 0 saturated carbocycles. The fourth-order valence-electron chi connectivity index (χ4n) is 2.39. The lowest BCUT2D eigenvalue weighted by Gasteiger charge is -2.16. The summed E-state index contributed by atoms with van der Waals surface area (Å²) in [7, 11) is 1.46. The maximum Gasteiger partial charge on any atom is 0.338 e. The Kier molecular flexibility index (Phi) is 5.88. The molecule has 0 bridgehead atoms. The van der Waals surface area contributed by atoms with Crippen LogP contribution in [0.3, 0.4) is 0 Å². The number of ether oxygens (including phenoxy) is 2. The van der Waals surface area contributed by atoms with E-state index in [4.69, 9.17) is 21.1 Å². The summed E-state index contributed by atoms with van der Waals surface area (Å²) in [5.74, 6) is -0.569. The normalized spacial score (nSPS) is 12.6. The van der Waals surface area contributed by atoms with Gasteiger partial charge in [0.1, 0.15) is 5.75 Å². The number of hydrogen-bond donors (Lipinski definition) is 2. The number of halogens is 1. The molecular weight excluding hydrogens is 392 g/mol. The molecule has 7 nitrogen and oxygen atoms in total. The van der Waals surface area contributed by atoms with Crippen LogP contribution >= 0.6 is 23.4 Å². The third-order valence-electron chi connectivity index (χ3n) is 3.62. The quantitative estimate of drug-likeness (QED) is 0.740. The first kappa shape index (κ1) is 19.1. The predicted molar refractivity (Wildman–Crippen MR) is 103 cm³/mol. The van der Waals surface area contributed by atoms with Gasteiger partial charge in [-0.2, -0.15) is 0 Å². The van der Waals surface area contributed by atoms with E-state index in [1.165, 1.54) is 31.0 Å². The lowest BCUT2D eigenvalue weighted by atomic mass is 10.2. The van der Waals surface area contributed by atoms with Crippen LogP contribution in [0.2, 0.25) is 5.02 Å². The van der Waals surface area contributed by atoms with Crippen molar-refractivity contribution in [2.45, 2.75) is 4.90 Å². The number of fused-ring (bicyclic) bond motifs is 1. The van der Waals surface area contributed by atoms with Crippen LogP contribution in [0.4, 0.5) is 11.4 Å². The number of methoxy groups -OCH3 is 1. The van der Waals surface area contributed by atoms with Crippen LogP contribution < -0.4 is 15.4 Å². The van der Waals surface area contributed by atoms with Gasteiger partial charge in [-0.15, -0.1) is 11.8 Å². The van der Waals surface area contributed by atoms with Crippen molar-refractivity contribution in [2.24, 2.45) is 0 Å². The lowest BCUT2D eigenvalue weighted by Crippen LogP contribution is -2.22. The number of carbonyl (C=O) groups excluding carboxylic acids is 3. The molecule has 3 rings (SSSR count). The Labute approximate surface area is 164 Å². The topological polar surface area (TPSA) is 93.7 Å². The van der Waals surface area contributed by atoms with Crippen molar-refractivity contribution in [3.8, 4) is 5.75 Å². The highest BCUT2D eigenvalue weighted by Gasteiger charge is 2.18. The number of rotatable bonds is 5. The maximum atomic E-state index is 12.2. The molecule has 1 aliphatic heterocycles. The van der Waals surface area contributed by atoms with Crippen molar-refractivity contribution in [2.75, 3.05) is 30.1 Å². The van der Waals surface area contributed by atoms with Crippen LogP contribution in [0.15, 0.2) is 41.3 Å². The number of nitrogens with one attached hydrogen (secondary N) is 2. The number of carbonyl (C=O) groups is 3. The molecule has 0 aliphatic carbocycles. The van der Waals surface area contributed by atoms with Crippen LogP contribution in [-0.2, 0) is 14.3 Å². The Bertz CT molecular complexity index is 919. The zero-order valence-corrected chi connectivity index (χ0v) is 15.8. The van der Waals surface area contributed by atoms with Crippen LogP contribution in [0.1, 0.15) is 10.4 Å². The molecule has 2 N–H and O–H groups in total. The molecule has 140 valence electrons. The largest absolute Gasteiger partial charge is 0.495 e. The number of anilines is 2. The molecular formula is C18H15ClN2O5S. The second-order valence-electron chi connectivity index (χ2n) is 5.52. The van der Waals surface area contributed by atoms with Gasteiger partial charge in [-0.1, -0.05) is 11.6 Å². The molecule has 0 radical (unpaired) electrons. The summed E-state index contributed by atoms with van der Waals surface area (Å²) in [6.45, 7) is -0.479. The zero-order chi connectivity index (χ0) is 19.4. The van der Waals surface area contributed by atoms with E-state index in [9.17, 15) is 14.4 Å². The first-order chi connectivity index (χ1) is 13.0. The monoisotopic (exact) mass is 406 g/mol. The van der Waals surface area contributed by atoms with Gasteiger partial charge in [-0.25, -0.2) is 4.79 Å². The summed E-state index contributed by atoms with van der Waals surface area (Å²) < 4.78 is 10.2. The van der Waals surface area contributed by atoms with Crippen LogP contribution in [0.25, 0.3) is 0 Å². The van der Waals surface area contributed by atoms with E-state index < -0.39 is 18.5 Å². The van der Waals surface area contributed by atoms with Crippen molar-refractivity contribution in [3.05, 3.63) is 47.0 Å². The molecule has 0 spiro atoms. The van der Waals surface area contributed by atoms with E-state index in [-0.39, 0.29) is 11.5 Å². The molecule has 2 amide bonds. The standard InChI is InChI=1S/C18H15ClN2O5S/c1-25-14-4-3-11(19)7-12(14)20-16(22)8-26-18(24)10-2-5-15-13(6-10)21-17(23)9-27-15/h2-7H,8-9H2,1H3,(H,20,22)(H,21,23). The SMILES string of the molecule is COc1ccc(Cl)cc1NC(=O)COC(=O)c1ccc2c(c1)NC(=O)CS2. The maximum absolute atomic E-state index is 12.2. The predicted octanol–water partition coefficient (Wildman–Crippen LogP) is 3.19. The summed E-state index contributed by atoms with van der Waals surface area (Å²) in [4.78, 5) is 36.6. The number of esters is 1. The molecule has 2 aromatic rings. The van der Waals surface area contributed by atoms with Gasteiger partial charge in [0.25, 0.3) is 5.91 Å². The van der Waals surface area contributed by atoms with Crippen LogP contribution in [0, 0.1) is 0 Å². The Morgan fingerprint density at radius 3 is 2.85 bits per heavy atom. The minimum Gasteiger partial charge on any atom is -0.495 e. The Balaban J connectivity index is 1.61. The second-order valence-corrected chi connectivity index (χ2v) is 6.97. The van der Waals surface area contributed by atoms with E-state index >= 15 is 0 Å². The minimum atomic E-state index is -0.671. The zero-order valence-electron chi connectivity index (χ0n) is 14.2. The Morgan fingerprint density at radius 2 is 2.07 bits per heavy atom. The molecule has 27 heavy (non-hydrogen) atoms. The fourth-order valence-corrected chi connectivity index (χ4v) is 3.35. The van der Waals surface area contributed by atoms with Gasteiger partial charge in [0.15, 0.2) is 6.61 Å². The molecule has 0 fully saturated rings. The van der Waals surface area contributed by atoms with E-state index in [0.717, 1.165) is 4.90 Å². The Morgan fingerprint density at radius 1 is 1.26 bits per heavy atom. The first-order valence-corrected chi connectivity index (χ1v) is 9.20. The number of hydrogen-bond acceptors (Lipinski definition) is 6. The third kappa shape index (κ3) is 4.72. The summed E-state index contributed by atoms with van der Waals surface area (Å²) in [5, 5.41) is 5.70. The molecule has 9 heteroatoms. The first-order valence-electron chi connectivity index (χ1n) is 7.83. The van der Waals surface area contributed by atoms with E-state index in [0.29, 0.717) is 27.9 Å². The molecule has 0 aromatic heterocycles. The molecule has 1 aliphatic rings. The van der Waals surface area contributed by atoms with Gasteiger partial charge < -0.3 is 20.1 Å². The van der Waals surface area contributed by atoms with Gasteiger partial charge in [-0.3, -0.25) is 9.59 Å². The smallest absolute Gasteiger partial charge is 0.338 e. The van der Waals surface area contributed by atoms with Crippen molar-refractivity contribution in [3.63, 3.8) is 0 Å². The van der Waals surface area contributed by atoms with Gasteiger partial charge >= 0.3 is 5.97 Å². The highest BCUT2D eigenvalue weighted by molar-refractivity contribution is 8.00. The average molecular weight is 407 g/mol. The Hall–Kier alpha value is -2.71. The van der Waals surface area contributed by atoms with Crippen molar-refractivity contribution < 1.29 is 23.9 Å². The van der Waals surface area contributed by atoms with Crippen LogP contribution in [0.5, 0.6) is 5.75 Å². The van der Waals surface area contributed by atoms with Gasteiger partial charge in [0.2, 0.25) is 5.91 Å². The fraction of sp³-hybridized carbons (Fsp3) is 0.167. The van der Waals surface area contributed by atoms with E-state index in [2.05, 4.69) is 10.6 Å². The summed E-state index contributed by atoms with van der Waals surface area (Å²) in [6, 6.07) is 9.62. The number of benzene rings is 2. The second kappa shape index (κ2) is 8.32. The molecule has 2 aromatic carbocycles. The minimum absolute atomic E-state index is 0.132. The number of amides is 2. The third-order valence-corrected chi connectivity index (χ3v) is 4.93. The average Bonchev–Trinajstić information content (AvgIpc) is 2.65. The summed E-state index contributed by atoms with van der Waals surface area (Å²) >= 11 is 7.30. The number of thioether (sulfide) groups is 1. The molecule has 0 unspecified atom stereocenters. The van der Waals surface area contributed by atoms with Crippen molar-refractivity contribution in [1.29, 1.82) is 0 Å². The molecule has 0 atom stereocenters. The molecule has 0 saturated heterocycles.